The SMILES string of the molecule is Cc1ccc(N)cc1C(=O)NCCOc1ccccc1C(C)(C)C.Cl. The summed E-state index contributed by atoms with van der Waals surface area (Å²) in [6.07, 6.45) is 0. The molecule has 1 amide bonds. The van der Waals surface area contributed by atoms with Crippen molar-refractivity contribution in [3.05, 3.63) is 59.2 Å². The van der Waals surface area contributed by atoms with Gasteiger partial charge in [-0.2, -0.15) is 0 Å². The highest BCUT2D eigenvalue weighted by Gasteiger charge is 2.18. The number of nitrogens with two attached hydrogens (primary N) is 1. The number of rotatable bonds is 5. The lowest BCUT2D eigenvalue weighted by molar-refractivity contribution is 0.0946. The van der Waals surface area contributed by atoms with E-state index in [4.69, 9.17) is 10.5 Å². The van der Waals surface area contributed by atoms with Crippen LogP contribution in [0.2, 0.25) is 0 Å². The number of hydrogen-bond acceptors (Lipinski definition) is 3. The first-order chi connectivity index (χ1) is 11.3. The second kappa shape index (κ2) is 8.77. The van der Waals surface area contributed by atoms with Crippen LogP contribution in [0.5, 0.6) is 5.75 Å². The maximum atomic E-state index is 12.2. The standard InChI is InChI=1S/C20H26N2O2.ClH/c1-14-9-10-15(21)13-16(14)19(23)22-11-12-24-18-8-6-5-7-17(18)20(2,3)4;/h5-10,13H,11-12,21H2,1-4H3,(H,22,23);1H. The van der Waals surface area contributed by atoms with Crippen LogP contribution in [0, 0.1) is 6.92 Å². The topological polar surface area (TPSA) is 64.4 Å². The lowest BCUT2D eigenvalue weighted by Crippen LogP contribution is -2.29. The van der Waals surface area contributed by atoms with Crippen LogP contribution in [0.25, 0.3) is 0 Å². The van der Waals surface area contributed by atoms with Crippen LogP contribution in [0.4, 0.5) is 5.69 Å². The monoisotopic (exact) mass is 362 g/mol. The second-order valence-corrected chi connectivity index (χ2v) is 6.92. The van der Waals surface area contributed by atoms with Gasteiger partial charge in [0.2, 0.25) is 0 Å². The molecule has 0 bridgehead atoms. The molecule has 0 aliphatic carbocycles. The Morgan fingerprint density at radius 1 is 1.16 bits per heavy atom. The van der Waals surface area contributed by atoms with Gasteiger partial charge in [0.05, 0.1) is 6.54 Å². The molecule has 2 aromatic carbocycles. The number of halogens is 1. The number of carbonyl (C=O) groups is 1. The average molecular weight is 363 g/mol. The van der Waals surface area contributed by atoms with Crippen molar-refractivity contribution >= 4 is 24.0 Å². The third kappa shape index (κ3) is 5.68. The van der Waals surface area contributed by atoms with Gasteiger partial charge in [0.25, 0.3) is 5.91 Å². The van der Waals surface area contributed by atoms with E-state index in [-0.39, 0.29) is 23.7 Å². The van der Waals surface area contributed by atoms with Crippen LogP contribution in [0.15, 0.2) is 42.5 Å². The Morgan fingerprint density at radius 3 is 2.52 bits per heavy atom. The van der Waals surface area contributed by atoms with E-state index in [2.05, 4.69) is 32.2 Å². The number of ether oxygens (including phenoxy) is 1. The average Bonchev–Trinajstić information content (AvgIpc) is 2.53. The zero-order valence-electron chi connectivity index (χ0n) is 15.3. The van der Waals surface area contributed by atoms with Crippen molar-refractivity contribution in [2.24, 2.45) is 0 Å². The summed E-state index contributed by atoms with van der Waals surface area (Å²) < 4.78 is 5.86. The lowest BCUT2D eigenvalue weighted by Gasteiger charge is -2.22. The van der Waals surface area contributed by atoms with E-state index in [1.165, 1.54) is 0 Å². The molecule has 2 aromatic rings. The number of para-hydroxylation sites is 1. The first kappa shape index (κ1) is 20.8. The third-order valence-corrected chi connectivity index (χ3v) is 3.85. The number of aryl methyl sites for hydroxylation is 1. The predicted molar refractivity (Wildman–Crippen MR) is 106 cm³/mol. The predicted octanol–water partition coefficient (Wildman–Crippen LogP) is 4.11. The number of hydrogen-bond donors (Lipinski definition) is 2. The van der Waals surface area contributed by atoms with Gasteiger partial charge in [-0.05, 0) is 41.7 Å². The van der Waals surface area contributed by atoms with E-state index in [0.29, 0.717) is 24.4 Å². The highest BCUT2D eigenvalue weighted by molar-refractivity contribution is 5.96. The fraction of sp³-hybridized carbons (Fsp3) is 0.350. The molecule has 0 heterocycles. The van der Waals surface area contributed by atoms with Crippen LogP contribution < -0.4 is 15.8 Å². The van der Waals surface area contributed by atoms with Gasteiger partial charge in [0, 0.05) is 11.3 Å². The quantitative estimate of drug-likeness (QED) is 0.621. The van der Waals surface area contributed by atoms with E-state index in [9.17, 15) is 4.79 Å². The third-order valence-electron chi connectivity index (χ3n) is 3.85. The molecule has 136 valence electrons. The number of nitrogen functional groups attached to an aromatic ring is 1. The molecule has 0 atom stereocenters. The molecule has 0 unspecified atom stereocenters. The molecule has 3 N–H and O–H groups in total. The highest BCUT2D eigenvalue weighted by atomic mass is 35.5. The van der Waals surface area contributed by atoms with Crippen LogP contribution in [0.1, 0.15) is 42.3 Å². The summed E-state index contributed by atoms with van der Waals surface area (Å²) in [6, 6.07) is 13.3. The maximum absolute atomic E-state index is 12.2. The molecule has 0 radical (unpaired) electrons. The molecule has 0 saturated carbocycles. The summed E-state index contributed by atoms with van der Waals surface area (Å²) in [5.74, 6) is 0.729. The van der Waals surface area contributed by atoms with Crippen molar-refractivity contribution in [3.63, 3.8) is 0 Å². The maximum Gasteiger partial charge on any atom is 0.251 e. The minimum absolute atomic E-state index is 0. The van der Waals surface area contributed by atoms with Crippen molar-refractivity contribution in [2.75, 3.05) is 18.9 Å². The summed E-state index contributed by atoms with van der Waals surface area (Å²) in [6.45, 7) is 9.20. The zero-order chi connectivity index (χ0) is 17.7. The molecule has 5 heteroatoms. The van der Waals surface area contributed by atoms with Gasteiger partial charge >= 0.3 is 0 Å². The van der Waals surface area contributed by atoms with Gasteiger partial charge in [0.1, 0.15) is 12.4 Å². The fourth-order valence-electron chi connectivity index (χ4n) is 2.52. The van der Waals surface area contributed by atoms with E-state index in [1.54, 1.807) is 12.1 Å². The van der Waals surface area contributed by atoms with Crippen molar-refractivity contribution in [1.29, 1.82) is 0 Å². The van der Waals surface area contributed by atoms with E-state index < -0.39 is 0 Å². The van der Waals surface area contributed by atoms with Crippen LogP contribution in [-0.4, -0.2) is 19.1 Å². The van der Waals surface area contributed by atoms with Gasteiger partial charge in [-0.25, -0.2) is 0 Å². The van der Waals surface area contributed by atoms with Crippen LogP contribution >= 0.6 is 12.4 Å². The molecule has 2 rings (SSSR count). The molecular weight excluding hydrogens is 336 g/mol. The van der Waals surface area contributed by atoms with E-state index >= 15 is 0 Å². The number of amides is 1. The Balaban J connectivity index is 0.00000312. The van der Waals surface area contributed by atoms with Crippen LogP contribution in [0.3, 0.4) is 0 Å². The fourth-order valence-corrected chi connectivity index (χ4v) is 2.52. The van der Waals surface area contributed by atoms with E-state index in [0.717, 1.165) is 16.9 Å². The summed E-state index contributed by atoms with van der Waals surface area (Å²) in [5.41, 5.74) is 9.01. The Morgan fingerprint density at radius 2 is 1.84 bits per heavy atom. The lowest BCUT2D eigenvalue weighted by atomic mass is 9.86. The molecule has 0 aliphatic rings. The highest BCUT2D eigenvalue weighted by Crippen LogP contribution is 2.30. The first-order valence-corrected chi connectivity index (χ1v) is 8.15. The van der Waals surface area contributed by atoms with Crippen molar-refractivity contribution in [3.8, 4) is 5.75 Å². The van der Waals surface area contributed by atoms with Gasteiger partial charge in [-0.3, -0.25) is 4.79 Å². The molecular formula is C20H27ClN2O2. The van der Waals surface area contributed by atoms with Crippen molar-refractivity contribution in [1.82, 2.24) is 5.32 Å². The molecule has 0 aliphatic heterocycles. The summed E-state index contributed by atoms with van der Waals surface area (Å²) in [5, 5.41) is 2.88. The Kier molecular flexibility index (Phi) is 7.31. The van der Waals surface area contributed by atoms with Gasteiger partial charge < -0.3 is 15.8 Å². The van der Waals surface area contributed by atoms with E-state index in [1.807, 2.05) is 31.2 Å². The summed E-state index contributed by atoms with van der Waals surface area (Å²) >= 11 is 0. The molecule has 0 spiro atoms. The Labute approximate surface area is 156 Å². The summed E-state index contributed by atoms with van der Waals surface area (Å²) in [7, 11) is 0. The number of anilines is 1. The molecule has 4 nitrogen and oxygen atoms in total. The minimum Gasteiger partial charge on any atom is -0.491 e. The smallest absolute Gasteiger partial charge is 0.251 e. The van der Waals surface area contributed by atoms with Crippen molar-refractivity contribution < 1.29 is 9.53 Å². The molecule has 25 heavy (non-hydrogen) atoms. The van der Waals surface area contributed by atoms with Gasteiger partial charge in [0.15, 0.2) is 0 Å². The summed E-state index contributed by atoms with van der Waals surface area (Å²) in [4.78, 5) is 12.2. The number of nitrogens with one attached hydrogen (secondary N) is 1. The van der Waals surface area contributed by atoms with Crippen LogP contribution in [-0.2, 0) is 5.41 Å². The normalized spacial score (nSPS) is 10.7. The second-order valence-electron chi connectivity index (χ2n) is 6.92. The molecule has 0 aromatic heterocycles. The molecule has 0 fully saturated rings. The first-order valence-electron chi connectivity index (χ1n) is 8.15. The van der Waals surface area contributed by atoms with Crippen molar-refractivity contribution in [2.45, 2.75) is 33.1 Å². The zero-order valence-corrected chi connectivity index (χ0v) is 16.1. The van der Waals surface area contributed by atoms with Gasteiger partial charge in [-0.1, -0.05) is 45.0 Å². The Bertz CT molecular complexity index is 724. The van der Waals surface area contributed by atoms with Gasteiger partial charge in [-0.15, -0.1) is 12.4 Å². The number of benzene rings is 2. The number of carbonyl (C=O) groups excluding carboxylic acids is 1. The Hall–Kier alpha value is -2.20. The molecule has 0 saturated heterocycles. The largest absolute Gasteiger partial charge is 0.491 e. The minimum atomic E-state index is -0.132.